The van der Waals surface area contributed by atoms with Crippen molar-refractivity contribution in [2.24, 2.45) is 5.73 Å². The van der Waals surface area contributed by atoms with Crippen molar-refractivity contribution in [2.45, 2.75) is 32.7 Å². The summed E-state index contributed by atoms with van der Waals surface area (Å²) in [5.41, 5.74) is 5.81. The van der Waals surface area contributed by atoms with Gasteiger partial charge in [0.05, 0.1) is 12.6 Å². The van der Waals surface area contributed by atoms with Gasteiger partial charge in [0.2, 0.25) is 0 Å². The van der Waals surface area contributed by atoms with Crippen molar-refractivity contribution in [1.82, 2.24) is 15.2 Å². The second-order valence-electron chi connectivity index (χ2n) is 3.16. The van der Waals surface area contributed by atoms with Gasteiger partial charge in [-0.3, -0.25) is 5.10 Å². The molecule has 1 atom stereocenters. The van der Waals surface area contributed by atoms with E-state index < -0.39 is 5.97 Å². The number of aromatic amines is 1. The molecule has 0 aliphatic rings. The molecule has 1 heterocycles. The monoisotopic (exact) mass is 212 g/mol. The van der Waals surface area contributed by atoms with Crippen LogP contribution in [0.15, 0.2) is 0 Å². The summed E-state index contributed by atoms with van der Waals surface area (Å²) >= 11 is 0. The molecule has 0 spiro atoms. The highest BCUT2D eigenvalue weighted by atomic mass is 16.5. The van der Waals surface area contributed by atoms with Crippen molar-refractivity contribution in [1.29, 1.82) is 0 Å². The summed E-state index contributed by atoms with van der Waals surface area (Å²) in [5.74, 6) is 0.0435. The van der Waals surface area contributed by atoms with E-state index in [9.17, 15) is 4.79 Å². The number of nitrogens with zero attached hydrogens (tertiary/aromatic N) is 2. The van der Waals surface area contributed by atoms with E-state index in [1.165, 1.54) is 0 Å². The van der Waals surface area contributed by atoms with Gasteiger partial charge in [0.1, 0.15) is 5.82 Å². The zero-order chi connectivity index (χ0) is 11.3. The average Bonchev–Trinajstić information content (AvgIpc) is 2.67. The van der Waals surface area contributed by atoms with E-state index in [-0.39, 0.29) is 11.9 Å². The van der Waals surface area contributed by atoms with Crippen molar-refractivity contribution in [3.05, 3.63) is 11.6 Å². The largest absolute Gasteiger partial charge is 0.460 e. The van der Waals surface area contributed by atoms with Crippen molar-refractivity contribution in [2.75, 3.05) is 6.61 Å². The number of hydrogen-bond donors (Lipinski definition) is 2. The molecule has 1 aromatic heterocycles. The summed E-state index contributed by atoms with van der Waals surface area (Å²) in [5, 5.41) is 6.39. The summed E-state index contributed by atoms with van der Waals surface area (Å²) in [7, 11) is 0. The summed E-state index contributed by atoms with van der Waals surface area (Å²) in [6.45, 7) is 4.07. The van der Waals surface area contributed by atoms with Gasteiger partial charge < -0.3 is 10.5 Å². The Morgan fingerprint density at radius 3 is 2.93 bits per heavy atom. The van der Waals surface area contributed by atoms with E-state index >= 15 is 0 Å². The van der Waals surface area contributed by atoms with E-state index in [0.717, 1.165) is 12.8 Å². The molecule has 0 bridgehead atoms. The van der Waals surface area contributed by atoms with Crippen LogP contribution >= 0.6 is 0 Å². The predicted octanol–water partition coefficient (Wildman–Crippen LogP) is 0.781. The molecule has 0 aliphatic heterocycles. The normalized spacial score (nSPS) is 12.5. The molecule has 0 amide bonds. The van der Waals surface area contributed by atoms with Crippen LogP contribution in [0.3, 0.4) is 0 Å². The summed E-state index contributed by atoms with van der Waals surface area (Å²) in [6, 6.07) is -0.203. The van der Waals surface area contributed by atoms with Crippen LogP contribution in [0.25, 0.3) is 0 Å². The Morgan fingerprint density at radius 2 is 2.33 bits per heavy atom. The molecule has 0 aromatic carbocycles. The van der Waals surface area contributed by atoms with Crippen LogP contribution in [-0.2, 0) is 4.74 Å². The summed E-state index contributed by atoms with van der Waals surface area (Å²) < 4.78 is 4.76. The topological polar surface area (TPSA) is 93.9 Å². The molecule has 6 nitrogen and oxygen atoms in total. The van der Waals surface area contributed by atoms with Crippen LogP contribution < -0.4 is 5.73 Å². The maximum Gasteiger partial charge on any atom is 0.378 e. The highest BCUT2D eigenvalue weighted by molar-refractivity contribution is 5.84. The number of nitrogens with two attached hydrogens (primary N) is 1. The molecule has 15 heavy (non-hydrogen) atoms. The predicted molar refractivity (Wildman–Crippen MR) is 54.2 cm³/mol. The fourth-order valence-electron chi connectivity index (χ4n) is 1.17. The van der Waals surface area contributed by atoms with Gasteiger partial charge in [0.25, 0.3) is 5.82 Å². The lowest BCUT2D eigenvalue weighted by Crippen LogP contribution is -2.12. The maximum absolute atomic E-state index is 11.2. The minimum atomic E-state index is -0.524. The summed E-state index contributed by atoms with van der Waals surface area (Å²) in [4.78, 5) is 15.2. The van der Waals surface area contributed by atoms with Gasteiger partial charge in [0, 0.05) is 0 Å². The Kier molecular flexibility index (Phi) is 4.23. The SMILES string of the molecule is CCC[C@@H](N)c1nc(C(=O)OCC)n[nH]1. The van der Waals surface area contributed by atoms with Gasteiger partial charge in [0.15, 0.2) is 0 Å². The molecular weight excluding hydrogens is 196 g/mol. The second kappa shape index (κ2) is 5.45. The molecule has 1 aromatic rings. The van der Waals surface area contributed by atoms with Gasteiger partial charge in [-0.25, -0.2) is 9.78 Å². The number of nitrogens with one attached hydrogen (secondary N) is 1. The highest BCUT2D eigenvalue weighted by Crippen LogP contribution is 2.10. The smallest absolute Gasteiger partial charge is 0.378 e. The van der Waals surface area contributed by atoms with Crippen molar-refractivity contribution in [3.63, 3.8) is 0 Å². The van der Waals surface area contributed by atoms with Crippen LogP contribution in [0, 0.1) is 0 Å². The third-order valence-corrected chi connectivity index (χ3v) is 1.91. The number of carbonyl (C=O) groups is 1. The molecule has 0 saturated carbocycles. The number of hydrogen-bond acceptors (Lipinski definition) is 5. The van der Waals surface area contributed by atoms with E-state index in [4.69, 9.17) is 10.5 Å². The lowest BCUT2D eigenvalue weighted by atomic mass is 10.2. The Bertz CT molecular complexity index is 324. The first-order chi connectivity index (χ1) is 7.19. The standard InChI is InChI=1S/C9H16N4O2/c1-3-5-6(10)7-11-8(13-12-7)9(14)15-4-2/h6H,3-5,10H2,1-2H3,(H,11,12,13)/t6-/m1/s1. The highest BCUT2D eigenvalue weighted by Gasteiger charge is 2.16. The second-order valence-corrected chi connectivity index (χ2v) is 3.16. The van der Waals surface area contributed by atoms with E-state index in [0.29, 0.717) is 12.4 Å². The van der Waals surface area contributed by atoms with Gasteiger partial charge in [-0.1, -0.05) is 13.3 Å². The molecule has 0 unspecified atom stereocenters. The fourth-order valence-corrected chi connectivity index (χ4v) is 1.17. The van der Waals surface area contributed by atoms with E-state index in [1.54, 1.807) is 6.92 Å². The van der Waals surface area contributed by atoms with Crippen LogP contribution in [0.1, 0.15) is 49.2 Å². The molecule has 6 heteroatoms. The van der Waals surface area contributed by atoms with Gasteiger partial charge in [-0.05, 0) is 13.3 Å². The zero-order valence-corrected chi connectivity index (χ0v) is 8.99. The molecule has 84 valence electrons. The van der Waals surface area contributed by atoms with Crippen LogP contribution in [-0.4, -0.2) is 27.8 Å². The molecule has 0 saturated heterocycles. The van der Waals surface area contributed by atoms with E-state index in [2.05, 4.69) is 15.2 Å². The lowest BCUT2D eigenvalue weighted by Gasteiger charge is -2.04. The number of H-pyrrole nitrogens is 1. The first kappa shape index (κ1) is 11.6. The number of aromatic nitrogens is 3. The molecule has 0 radical (unpaired) electrons. The van der Waals surface area contributed by atoms with Crippen molar-refractivity contribution >= 4 is 5.97 Å². The first-order valence-corrected chi connectivity index (χ1v) is 5.04. The van der Waals surface area contributed by atoms with Gasteiger partial charge >= 0.3 is 5.97 Å². The molecule has 1 rings (SSSR count). The van der Waals surface area contributed by atoms with Gasteiger partial charge in [-0.2, -0.15) is 0 Å². The minimum Gasteiger partial charge on any atom is -0.460 e. The maximum atomic E-state index is 11.2. The molecule has 0 aliphatic carbocycles. The van der Waals surface area contributed by atoms with Crippen LogP contribution in [0.5, 0.6) is 0 Å². The third-order valence-electron chi connectivity index (χ3n) is 1.91. The van der Waals surface area contributed by atoms with Crippen LogP contribution in [0.4, 0.5) is 0 Å². The fraction of sp³-hybridized carbons (Fsp3) is 0.667. The Balaban J connectivity index is 2.67. The number of rotatable bonds is 5. The van der Waals surface area contributed by atoms with Crippen molar-refractivity contribution < 1.29 is 9.53 Å². The number of ether oxygens (including phenoxy) is 1. The average molecular weight is 212 g/mol. The lowest BCUT2D eigenvalue weighted by molar-refractivity contribution is 0.0512. The minimum absolute atomic E-state index is 0.0402. The zero-order valence-electron chi connectivity index (χ0n) is 8.99. The van der Waals surface area contributed by atoms with Gasteiger partial charge in [-0.15, -0.1) is 5.10 Å². The molecule has 0 fully saturated rings. The molecule has 3 N–H and O–H groups in total. The quantitative estimate of drug-likeness (QED) is 0.703. The third kappa shape index (κ3) is 3.02. The summed E-state index contributed by atoms with van der Waals surface area (Å²) in [6.07, 6.45) is 1.76. The first-order valence-electron chi connectivity index (χ1n) is 5.04. The number of esters is 1. The molecular formula is C9H16N4O2. The Morgan fingerprint density at radius 1 is 1.60 bits per heavy atom. The van der Waals surface area contributed by atoms with E-state index in [1.807, 2.05) is 6.92 Å². The van der Waals surface area contributed by atoms with Crippen molar-refractivity contribution in [3.8, 4) is 0 Å². The Hall–Kier alpha value is -1.43. The Labute approximate surface area is 88.2 Å². The van der Waals surface area contributed by atoms with Crippen LogP contribution in [0.2, 0.25) is 0 Å². The number of carbonyl (C=O) groups excluding carboxylic acids is 1.